The molecule has 7 heteroatoms. The molecule has 6 nitrogen and oxygen atoms in total. The maximum absolute atomic E-state index is 12.2. The lowest BCUT2D eigenvalue weighted by Crippen LogP contribution is -2.21. The first-order valence-electron chi connectivity index (χ1n) is 8.59. The van der Waals surface area contributed by atoms with Gasteiger partial charge in [0.2, 0.25) is 10.0 Å². The van der Waals surface area contributed by atoms with Crippen LogP contribution in [-0.4, -0.2) is 20.9 Å². The molecule has 0 saturated carbocycles. The zero-order chi connectivity index (χ0) is 20.0. The van der Waals surface area contributed by atoms with Crippen molar-refractivity contribution in [3.63, 3.8) is 0 Å². The summed E-state index contributed by atoms with van der Waals surface area (Å²) in [5, 5.41) is 7.72. The average Bonchev–Trinajstić information content (AvgIpc) is 2.68. The fraction of sp³-hybridized carbons (Fsp3) is 0.0952. The van der Waals surface area contributed by atoms with Gasteiger partial charge in [-0.25, -0.2) is 13.6 Å². The van der Waals surface area contributed by atoms with Crippen LogP contribution in [0.1, 0.15) is 11.1 Å². The molecule has 3 rings (SSSR count). The molecule has 0 bridgehead atoms. The smallest absolute Gasteiger partial charge is 0.262 e. The number of sulfonamides is 1. The van der Waals surface area contributed by atoms with Crippen LogP contribution in [0.2, 0.25) is 0 Å². The van der Waals surface area contributed by atoms with Crippen LogP contribution in [0.3, 0.4) is 0 Å². The van der Waals surface area contributed by atoms with Gasteiger partial charge in [0.15, 0.2) is 6.61 Å². The maximum Gasteiger partial charge on any atom is 0.262 e. The summed E-state index contributed by atoms with van der Waals surface area (Å²) in [4.78, 5) is 12.1. The van der Waals surface area contributed by atoms with Crippen molar-refractivity contribution in [1.29, 1.82) is 0 Å². The normalized spacial score (nSPS) is 11.0. The summed E-state index contributed by atoms with van der Waals surface area (Å²) in [6, 6.07) is 23.2. The van der Waals surface area contributed by atoms with Crippen molar-refractivity contribution in [3.05, 3.63) is 90.0 Å². The first-order chi connectivity index (χ1) is 13.4. The van der Waals surface area contributed by atoms with Gasteiger partial charge in [-0.2, -0.15) is 0 Å². The van der Waals surface area contributed by atoms with Gasteiger partial charge < -0.3 is 10.1 Å². The molecule has 3 N–H and O–H groups in total. The fourth-order valence-electron chi connectivity index (χ4n) is 2.70. The Morgan fingerprint density at radius 1 is 0.929 bits per heavy atom. The molecule has 0 unspecified atom stereocenters. The lowest BCUT2D eigenvalue weighted by atomic mass is 10.0. The van der Waals surface area contributed by atoms with E-state index in [1.807, 2.05) is 54.6 Å². The van der Waals surface area contributed by atoms with Gasteiger partial charge in [0, 0.05) is 12.1 Å². The number of nitrogens with two attached hydrogens (primary N) is 1. The number of carbonyl (C=O) groups excluding carboxylic acids is 1. The number of hydrogen-bond donors (Lipinski definition) is 2. The number of nitrogens with one attached hydrogen (secondary N) is 1. The van der Waals surface area contributed by atoms with Crippen molar-refractivity contribution in [1.82, 2.24) is 0 Å². The van der Waals surface area contributed by atoms with Crippen molar-refractivity contribution < 1.29 is 17.9 Å². The third-order valence-electron chi connectivity index (χ3n) is 4.02. The van der Waals surface area contributed by atoms with E-state index in [0.29, 0.717) is 17.9 Å². The Hall–Kier alpha value is -3.16. The van der Waals surface area contributed by atoms with E-state index in [2.05, 4.69) is 5.32 Å². The number of benzene rings is 3. The number of hydrogen-bond acceptors (Lipinski definition) is 4. The molecule has 0 aliphatic carbocycles. The quantitative estimate of drug-likeness (QED) is 0.641. The molecule has 0 aliphatic heterocycles. The SMILES string of the molecule is NS(=O)(=O)c1cccc(NC(=O)COc2ccccc2Cc2ccccc2)c1. The molecular weight excluding hydrogens is 376 g/mol. The molecule has 0 aliphatic rings. The number of amides is 1. The summed E-state index contributed by atoms with van der Waals surface area (Å²) < 4.78 is 28.5. The van der Waals surface area contributed by atoms with E-state index in [9.17, 15) is 13.2 Å². The van der Waals surface area contributed by atoms with Gasteiger partial charge in [0.25, 0.3) is 5.91 Å². The van der Waals surface area contributed by atoms with E-state index >= 15 is 0 Å². The van der Waals surface area contributed by atoms with Crippen molar-refractivity contribution in [2.24, 2.45) is 5.14 Å². The highest BCUT2D eigenvalue weighted by Gasteiger charge is 2.11. The highest BCUT2D eigenvalue weighted by atomic mass is 32.2. The van der Waals surface area contributed by atoms with Crippen LogP contribution in [0.4, 0.5) is 5.69 Å². The van der Waals surface area contributed by atoms with Crippen molar-refractivity contribution in [2.45, 2.75) is 11.3 Å². The number of anilines is 1. The molecule has 0 aromatic heterocycles. The van der Waals surface area contributed by atoms with Crippen LogP contribution in [0, 0.1) is 0 Å². The number of carbonyl (C=O) groups is 1. The van der Waals surface area contributed by atoms with Crippen molar-refractivity contribution >= 4 is 21.6 Å². The number of ether oxygens (including phenoxy) is 1. The van der Waals surface area contributed by atoms with Gasteiger partial charge in [-0.3, -0.25) is 4.79 Å². The van der Waals surface area contributed by atoms with E-state index in [4.69, 9.17) is 9.88 Å². The predicted octanol–water partition coefficient (Wildman–Crippen LogP) is 2.94. The molecule has 1 amide bonds. The van der Waals surface area contributed by atoms with E-state index in [1.54, 1.807) is 6.07 Å². The summed E-state index contributed by atoms with van der Waals surface area (Å²) in [7, 11) is -3.83. The minimum absolute atomic E-state index is 0.0700. The Morgan fingerprint density at radius 3 is 2.39 bits per heavy atom. The molecule has 0 heterocycles. The molecule has 3 aromatic rings. The van der Waals surface area contributed by atoms with Gasteiger partial charge in [0.05, 0.1) is 4.90 Å². The number of rotatable bonds is 7. The van der Waals surface area contributed by atoms with Crippen molar-refractivity contribution in [3.8, 4) is 5.75 Å². The van der Waals surface area contributed by atoms with Crippen molar-refractivity contribution in [2.75, 3.05) is 11.9 Å². The van der Waals surface area contributed by atoms with Gasteiger partial charge in [-0.1, -0.05) is 54.6 Å². The molecule has 0 saturated heterocycles. The lowest BCUT2D eigenvalue weighted by molar-refractivity contribution is -0.118. The number of para-hydroxylation sites is 1. The fourth-order valence-corrected chi connectivity index (χ4v) is 3.26. The van der Waals surface area contributed by atoms with Gasteiger partial charge in [-0.15, -0.1) is 0 Å². The minimum atomic E-state index is -3.83. The molecular formula is C21H20N2O4S. The topological polar surface area (TPSA) is 98.5 Å². The van der Waals surface area contributed by atoms with Gasteiger partial charge >= 0.3 is 0 Å². The van der Waals surface area contributed by atoms with E-state index in [-0.39, 0.29) is 11.5 Å². The average molecular weight is 396 g/mol. The first kappa shape index (κ1) is 19.6. The second-order valence-corrected chi connectivity index (χ2v) is 7.74. The Kier molecular flexibility index (Phi) is 6.08. The second kappa shape index (κ2) is 8.69. The Morgan fingerprint density at radius 2 is 1.64 bits per heavy atom. The second-order valence-electron chi connectivity index (χ2n) is 6.18. The maximum atomic E-state index is 12.2. The zero-order valence-corrected chi connectivity index (χ0v) is 15.9. The molecule has 0 fully saturated rings. The van der Waals surface area contributed by atoms with E-state index in [1.165, 1.54) is 18.2 Å². The van der Waals surface area contributed by atoms with Crippen LogP contribution >= 0.6 is 0 Å². The van der Waals surface area contributed by atoms with Crippen LogP contribution < -0.4 is 15.2 Å². The highest BCUT2D eigenvalue weighted by molar-refractivity contribution is 7.89. The lowest BCUT2D eigenvalue weighted by Gasteiger charge is -2.12. The summed E-state index contributed by atoms with van der Waals surface area (Å²) in [5.74, 6) is 0.223. The minimum Gasteiger partial charge on any atom is -0.483 e. The first-order valence-corrected chi connectivity index (χ1v) is 10.1. The molecule has 0 radical (unpaired) electrons. The molecule has 28 heavy (non-hydrogen) atoms. The summed E-state index contributed by atoms with van der Waals surface area (Å²) in [6.07, 6.45) is 0.690. The third-order valence-corrected chi connectivity index (χ3v) is 4.93. The molecule has 0 atom stereocenters. The monoisotopic (exact) mass is 396 g/mol. The molecule has 144 valence electrons. The van der Waals surface area contributed by atoms with Crippen LogP contribution in [0.5, 0.6) is 5.75 Å². The van der Waals surface area contributed by atoms with Crippen LogP contribution in [0.25, 0.3) is 0 Å². The molecule has 0 spiro atoms. The summed E-state index contributed by atoms with van der Waals surface area (Å²) in [6.45, 7) is -0.203. The Labute approximate surface area is 164 Å². The summed E-state index contributed by atoms with van der Waals surface area (Å²) >= 11 is 0. The van der Waals surface area contributed by atoms with Gasteiger partial charge in [-0.05, 0) is 35.4 Å². The largest absolute Gasteiger partial charge is 0.483 e. The Balaban J connectivity index is 1.64. The predicted molar refractivity (Wildman–Crippen MR) is 108 cm³/mol. The molecule has 3 aromatic carbocycles. The van der Waals surface area contributed by atoms with Crippen LogP contribution in [-0.2, 0) is 21.2 Å². The van der Waals surface area contributed by atoms with Gasteiger partial charge in [0.1, 0.15) is 5.75 Å². The van der Waals surface area contributed by atoms with E-state index < -0.39 is 15.9 Å². The van der Waals surface area contributed by atoms with Crippen LogP contribution in [0.15, 0.2) is 83.8 Å². The third kappa shape index (κ3) is 5.42. The number of primary sulfonamides is 1. The zero-order valence-electron chi connectivity index (χ0n) is 15.0. The highest BCUT2D eigenvalue weighted by Crippen LogP contribution is 2.21. The summed E-state index contributed by atoms with van der Waals surface area (Å²) in [5.41, 5.74) is 2.44. The standard InChI is InChI=1S/C21H20N2O4S/c22-28(25,26)19-11-6-10-18(14-19)23-21(24)15-27-20-12-5-4-9-17(20)13-16-7-2-1-3-8-16/h1-12,14H,13,15H2,(H,23,24)(H2,22,25,26). The Bertz CT molecular complexity index is 1070. The van der Waals surface area contributed by atoms with E-state index in [0.717, 1.165) is 11.1 Å².